The molecule has 1 aromatic carbocycles. The third-order valence-corrected chi connectivity index (χ3v) is 5.09. The Kier molecular flexibility index (Phi) is 5.66. The number of ketones is 1. The minimum atomic E-state index is -0.796. The van der Waals surface area contributed by atoms with Crippen LogP contribution in [0.25, 0.3) is 0 Å². The van der Waals surface area contributed by atoms with Gasteiger partial charge >= 0.3 is 0 Å². The lowest BCUT2D eigenvalue weighted by Crippen LogP contribution is -2.30. The number of carbonyl (C=O) groups is 2. The predicted molar refractivity (Wildman–Crippen MR) is 112 cm³/mol. The van der Waals surface area contributed by atoms with E-state index in [1.165, 1.54) is 17.2 Å². The largest absolute Gasteiger partial charge is 0.503 e. The summed E-state index contributed by atoms with van der Waals surface area (Å²) in [5.41, 5.74) is 0.646. The summed E-state index contributed by atoms with van der Waals surface area (Å²) in [6.45, 7) is 4.43. The molecule has 0 spiro atoms. The summed E-state index contributed by atoms with van der Waals surface area (Å²) in [6, 6.07) is 13.0. The molecule has 7 nitrogen and oxygen atoms in total. The minimum absolute atomic E-state index is 0.0202. The van der Waals surface area contributed by atoms with Crippen molar-refractivity contribution in [2.24, 2.45) is 0 Å². The number of aryl methyl sites for hydroxylation is 1. The number of Topliss-reactive ketones (excluding diaryl/α,β-unsaturated/α-hetero) is 1. The van der Waals surface area contributed by atoms with Gasteiger partial charge in [-0.25, -0.2) is 0 Å². The Morgan fingerprint density at radius 1 is 1.16 bits per heavy atom. The number of benzene rings is 1. The molecule has 1 atom stereocenters. The lowest BCUT2D eigenvalue weighted by Gasteiger charge is -2.26. The van der Waals surface area contributed by atoms with Gasteiger partial charge in [0.25, 0.3) is 5.91 Å². The van der Waals surface area contributed by atoms with Crippen LogP contribution in [0.5, 0.6) is 5.75 Å². The van der Waals surface area contributed by atoms with E-state index in [9.17, 15) is 14.7 Å². The standard InChI is InChI=1S/C24H23NO6/c1-3-12-29-17-9-7-16(8-10-17)21-20(22(26)19-11-6-15(2)31-19)23(27)24(28)25(21)14-18-5-4-13-30-18/h4-11,13,21,27H,3,12,14H2,1-2H3/t21-/m0/s1. The topological polar surface area (TPSA) is 93.1 Å². The average molecular weight is 421 g/mol. The monoisotopic (exact) mass is 421 g/mol. The number of aliphatic hydroxyl groups is 1. The van der Waals surface area contributed by atoms with Gasteiger partial charge < -0.3 is 23.6 Å². The van der Waals surface area contributed by atoms with Crippen LogP contribution in [-0.4, -0.2) is 28.3 Å². The summed E-state index contributed by atoms with van der Waals surface area (Å²) in [5.74, 6) is 0.110. The first-order valence-electron chi connectivity index (χ1n) is 10.1. The zero-order chi connectivity index (χ0) is 22.0. The SMILES string of the molecule is CCCOc1ccc([C@H]2C(C(=O)c3ccc(C)o3)=C(O)C(=O)N2Cc2ccco2)cc1. The number of ether oxygens (including phenoxy) is 1. The highest BCUT2D eigenvalue weighted by Crippen LogP contribution is 2.40. The van der Waals surface area contributed by atoms with Crippen molar-refractivity contribution in [2.45, 2.75) is 32.9 Å². The van der Waals surface area contributed by atoms with E-state index in [1.807, 2.05) is 6.92 Å². The molecule has 0 aliphatic carbocycles. The van der Waals surface area contributed by atoms with Gasteiger partial charge in [-0.2, -0.15) is 0 Å². The molecule has 2 aromatic heterocycles. The second kappa shape index (κ2) is 8.55. The molecule has 0 saturated heterocycles. The van der Waals surface area contributed by atoms with E-state index in [4.69, 9.17) is 13.6 Å². The normalized spacial score (nSPS) is 16.3. The molecule has 1 aliphatic heterocycles. The van der Waals surface area contributed by atoms with Crippen LogP contribution in [0.2, 0.25) is 0 Å². The lowest BCUT2D eigenvalue weighted by molar-refractivity contribution is -0.130. The molecule has 0 saturated carbocycles. The second-order valence-electron chi connectivity index (χ2n) is 7.33. The molecule has 0 radical (unpaired) electrons. The van der Waals surface area contributed by atoms with Gasteiger partial charge in [0, 0.05) is 0 Å². The summed E-state index contributed by atoms with van der Waals surface area (Å²) in [4.78, 5) is 27.6. The third-order valence-electron chi connectivity index (χ3n) is 5.09. The van der Waals surface area contributed by atoms with Crippen LogP contribution in [0.4, 0.5) is 0 Å². The van der Waals surface area contributed by atoms with Crippen molar-refractivity contribution < 1.29 is 28.3 Å². The zero-order valence-corrected chi connectivity index (χ0v) is 17.3. The molecule has 1 amide bonds. The number of carbonyl (C=O) groups excluding carboxylic acids is 2. The molecule has 3 aromatic rings. The molecule has 160 valence electrons. The zero-order valence-electron chi connectivity index (χ0n) is 17.3. The van der Waals surface area contributed by atoms with E-state index >= 15 is 0 Å². The van der Waals surface area contributed by atoms with E-state index in [2.05, 4.69) is 0 Å². The van der Waals surface area contributed by atoms with Crippen LogP contribution in [0.1, 0.15) is 47.0 Å². The molecule has 1 aliphatic rings. The Morgan fingerprint density at radius 2 is 1.94 bits per heavy atom. The number of nitrogens with zero attached hydrogens (tertiary/aromatic N) is 1. The molecule has 0 bridgehead atoms. The highest BCUT2D eigenvalue weighted by Gasteiger charge is 2.44. The number of aliphatic hydroxyl groups excluding tert-OH is 1. The van der Waals surface area contributed by atoms with Crippen molar-refractivity contribution in [3.05, 3.63) is 89.0 Å². The maximum absolute atomic E-state index is 13.2. The summed E-state index contributed by atoms with van der Waals surface area (Å²) >= 11 is 0. The highest BCUT2D eigenvalue weighted by molar-refractivity contribution is 6.15. The first kappa shape index (κ1) is 20.5. The summed E-state index contributed by atoms with van der Waals surface area (Å²) in [6.07, 6.45) is 2.39. The fraction of sp³-hybridized carbons (Fsp3) is 0.250. The first-order chi connectivity index (χ1) is 15.0. The fourth-order valence-corrected chi connectivity index (χ4v) is 3.62. The van der Waals surface area contributed by atoms with Gasteiger partial charge in [-0.05, 0) is 55.3 Å². The van der Waals surface area contributed by atoms with Crippen LogP contribution < -0.4 is 4.74 Å². The van der Waals surface area contributed by atoms with Crippen LogP contribution in [0.15, 0.2) is 75.0 Å². The number of rotatable bonds is 8. The molecule has 1 N–H and O–H groups in total. The molecule has 7 heteroatoms. The van der Waals surface area contributed by atoms with E-state index < -0.39 is 23.5 Å². The van der Waals surface area contributed by atoms with E-state index in [0.29, 0.717) is 29.4 Å². The number of furan rings is 2. The summed E-state index contributed by atoms with van der Waals surface area (Å²) in [7, 11) is 0. The van der Waals surface area contributed by atoms with Crippen LogP contribution in [-0.2, 0) is 11.3 Å². The van der Waals surface area contributed by atoms with Gasteiger partial charge in [-0.3, -0.25) is 9.59 Å². The maximum Gasteiger partial charge on any atom is 0.290 e. The molecule has 31 heavy (non-hydrogen) atoms. The van der Waals surface area contributed by atoms with Crippen molar-refractivity contribution in [1.82, 2.24) is 4.90 Å². The Labute approximate surface area is 179 Å². The van der Waals surface area contributed by atoms with Crippen molar-refractivity contribution in [2.75, 3.05) is 6.61 Å². The highest BCUT2D eigenvalue weighted by atomic mass is 16.5. The van der Waals surface area contributed by atoms with Crippen LogP contribution in [0.3, 0.4) is 0 Å². The number of amides is 1. The molecular formula is C24H23NO6. The van der Waals surface area contributed by atoms with E-state index in [0.717, 1.165) is 6.42 Å². The van der Waals surface area contributed by atoms with E-state index in [1.54, 1.807) is 49.4 Å². The lowest BCUT2D eigenvalue weighted by atomic mass is 9.95. The quantitative estimate of drug-likeness (QED) is 0.528. The fourth-order valence-electron chi connectivity index (χ4n) is 3.62. The predicted octanol–water partition coefficient (Wildman–Crippen LogP) is 4.75. The second-order valence-corrected chi connectivity index (χ2v) is 7.33. The Hall–Kier alpha value is -3.74. The molecule has 3 heterocycles. The Bertz CT molecular complexity index is 1110. The summed E-state index contributed by atoms with van der Waals surface area (Å²) in [5, 5.41) is 10.7. The molecule has 0 fully saturated rings. The van der Waals surface area contributed by atoms with Gasteiger partial charge in [0.1, 0.15) is 17.3 Å². The van der Waals surface area contributed by atoms with Gasteiger partial charge in [0.05, 0.1) is 31.0 Å². The van der Waals surface area contributed by atoms with Crippen molar-refractivity contribution >= 4 is 11.7 Å². The third kappa shape index (κ3) is 3.99. The van der Waals surface area contributed by atoms with Crippen LogP contribution in [0, 0.1) is 6.92 Å². The molecule has 0 unspecified atom stereocenters. The Morgan fingerprint density at radius 3 is 2.55 bits per heavy atom. The summed E-state index contributed by atoms with van der Waals surface area (Å²) < 4.78 is 16.5. The van der Waals surface area contributed by atoms with Gasteiger partial charge in [-0.15, -0.1) is 0 Å². The van der Waals surface area contributed by atoms with Crippen molar-refractivity contribution in [1.29, 1.82) is 0 Å². The van der Waals surface area contributed by atoms with Gasteiger partial charge in [0.15, 0.2) is 11.5 Å². The first-order valence-corrected chi connectivity index (χ1v) is 10.1. The number of hydrogen-bond donors (Lipinski definition) is 1. The van der Waals surface area contributed by atoms with E-state index in [-0.39, 0.29) is 17.9 Å². The maximum atomic E-state index is 13.2. The van der Waals surface area contributed by atoms with Crippen molar-refractivity contribution in [3.63, 3.8) is 0 Å². The molecule has 4 rings (SSSR count). The minimum Gasteiger partial charge on any atom is -0.503 e. The Balaban J connectivity index is 1.73. The van der Waals surface area contributed by atoms with Gasteiger partial charge in [0.2, 0.25) is 5.78 Å². The average Bonchev–Trinajstić information content (AvgIpc) is 3.50. The van der Waals surface area contributed by atoms with Crippen LogP contribution >= 0.6 is 0 Å². The molecular weight excluding hydrogens is 398 g/mol. The number of hydrogen-bond acceptors (Lipinski definition) is 6. The van der Waals surface area contributed by atoms with Gasteiger partial charge in [-0.1, -0.05) is 19.1 Å². The van der Waals surface area contributed by atoms with Crippen molar-refractivity contribution in [3.8, 4) is 5.75 Å². The smallest absolute Gasteiger partial charge is 0.290 e.